The van der Waals surface area contributed by atoms with Crippen LogP contribution in [-0.2, 0) is 9.53 Å². The number of morpholine rings is 1. The van der Waals surface area contributed by atoms with Gasteiger partial charge in [0.15, 0.2) is 11.5 Å². The summed E-state index contributed by atoms with van der Waals surface area (Å²) < 4.78 is 27.9. The van der Waals surface area contributed by atoms with Crippen molar-refractivity contribution < 1.29 is 28.5 Å². The Balaban J connectivity index is 1.46. The molecule has 1 saturated heterocycles. The Morgan fingerprint density at radius 1 is 1.03 bits per heavy atom. The van der Waals surface area contributed by atoms with E-state index in [1.807, 2.05) is 50.2 Å². The zero-order chi connectivity index (χ0) is 24.5. The van der Waals surface area contributed by atoms with Crippen LogP contribution >= 0.6 is 0 Å². The minimum absolute atomic E-state index is 0.0588. The molecule has 5 rings (SSSR count). The number of methoxy groups -OCH3 is 2. The Hall–Kier alpha value is -3.30. The number of ether oxygens (including phenoxy) is 5. The molecular weight excluding hydrogens is 450 g/mol. The van der Waals surface area contributed by atoms with E-state index >= 15 is 0 Å². The molecule has 2 aromatic rings. The van der Waals surface area contributed by atoms with Crippen molar-refractivity contribution in [1.29, 1.82) is 0 Å². The van der Waals surface area contributed by atoms with Gasteiger partial charge in [0.2, 0.25) is 6.79 Å². The van der Waals surface area contributed by atoms with E-state index in [-0.39, 0.29) is 37.5 Å². The van der Waals surface area contributed by atoms with Gasteiger partial charge in [0, 0.05) is 31.1 Å². The normalized spacial score (nSPS) is 23.8. The maximum Gasteiger partial charge on any atom is 0.257 e. The average Bonchev–Trinajstić information content (AvgIpc) is 3.49. The molecule has 1 fully saturated rings. The second kappa shape index (κ2) is 9.75. The van der Waals surface area contributed by atoms with Crippen LogP contribution in [-0.4, -0.2) is 74.4 Å². The predicted molar refractivity (Wildman–Crippen MR) is 129 cm³/mol. The van der Waals surface area contributed by atoms with Gasteiger partial charge < -0.3 is 23.7 Å². The van der Waals surface area contributed by atoms with E-state index in [4.69, 9.17) is 28.8 Å². The SMILES string of the molecule is COc1ccc(C2=NN(C(=O)CN3CC(C)OC(C)C3)C(c3ccc4c(c3)OCO4)C2)c(OC)c1. The molecule has 1 amide bonds. The standard InChI is InChI=1S/C26H31N3O6/c1-16-12-28(13-17(2)35-16)14-26(30)29-22(18-5-8-23-25(9-18)34-15-33-23)11-21(27-29)20-7-6-19(31-3)10-24(20)32-4/h5-10,16-17,22H,11-15H2,1-4H3. The minimum atomic E-state index is -0.269. The number of nitrogens with zero attached hydrogens (tertiary/aromatic N) is 3. The van der Waals surface area contributed by atoms with Gasteiger partial charge in [0.1, 0.15) is 11.5 Å². The number of rotatable bonds is 6. The first-order valence-corrected chi connectivity index (χ1v) is 11.8. The Kier molecular flexibility index (Phi) is 6.53. The summed E-state index contributed by atoms with van der Waals surface area (Å²) in [5.74, 6) is 2.68. The first kappa shape index (κ1) is 23.4. The summed E-state index contributed by atoms with van der Waals surface area (Å²) in [6, 6.07) is 11.2. The molecule has 3 aliphatic rings. The fraction of sp³-hybridized carbons (Fsp3) is 0.462. The molecule has 3 unspecified atom stereocenters. The third kappa shape index (κ3) is 4.78. The number of hydrogen-bond acceptors (Lipinski definition) is 8. The topological polar surface area (TPSA) is 82.1 Å². The highest BCUT2D eigenvalue weighted by Crippen LogP contribution is 2.40. The number of hydrazone groups is 1. The lowest BCUT2D eigenvalue weighted by molar-refractivity contribution is -0.137. The molecule has 0 aromatic heterocycles. The Bertz CT molecular complexity index is 1130. The van der Waals surface area contributed by atoms with Crippen molar-refractivity contribution >= 4 is 11.6 Å². The highest BCUT2D eigenvalue weighted by Gasteiger charge is 2.36. The van der Waals surface area contributed by atoms with E-state index in [2.05, 4.69) is 4.90 Å². The highest BCUT2D eigenvalue weighted by molar-refractivity contribution is 6.05. The van der Waals surface area contributed by atoms with E-state index in [1.165, 1.54) is 0 Å². The van der Waals surface area contributed by atoms with Gasteiger partial charge in [0.05, 0.1) is 44.7 Å². The van der Waals surface area contributed by atoms with Gasteiger partial charge in [-0.25, -0.2) is 5.01 Å². The fourth-order valence-corrected chi connectivity index (χ4v) is 5.00. The molecule has 0 spiro atoms. The van der Waals surface area contributed by atoms with Crippen molar-refractivity contribution in [2.45, 2.75) is 38.5 Å². The monoisotopic (exact) mass is 481 g/mol. The van der Waals surface area contributed by atoms with Crippen LogP contribution in [0.5, 0.6) is 23.0 Å². The third-order valence-electron chi connectivity index (χ3n) is 6.52. The molecule has 0 radical (unpaired) electrons. The zero-order valence-electron chi connectivity index (χ0n) is 20.5. The Morgan fingerprint density at radius 3 is 2.54 bits per heavy atom. The van der Waals surface area contributed by atoms with Gasteiger partial charge in [-0.3, -0.25) is 9.69 Å². The lowest BCUT2D eigenvalue weighted by atomic mass is 9.97. The maximum atomic E-state index is 13.6. The molecule has 9 heteroatoms. The van der Waals surface area contributed by atoms with Crippen molar-refractivity contribution in [2.24, 2.45) is 5.10 Å². The van der Waals surface area contributed by atoms with Gasteiger partial charge in [-0.05, 0) is 43.7 Å². The molecule has 3 atom stereocenters. The van der Waals surface area contributed by atoms with E-state index in [1.54, 1.807) is 19.2 Å². The number of hydrogen-bond donors (Lipinski definition) is 0. The van der Waals surface area contributed by atoms with Crippen LogP contribution in [0.3, 0.4) is 0 Å². The van der Waals surface area contributed by atoms with Crippen LogP contribution in [0.25, 0.3) is 0 Å². The lowest BCUT2D eigenvalue weighted by Gasteiger charge is -2.35. The molecular formula is C26H31N3O6. The average molecular weight is 482 g/mol. The predicted octanol–water partition coefficient (Wildman–Crippen LogP) is 3.22. The lowest BCUT2D eigenvalue weighted by Crippen LogP contribution is -2.49. The molecule has 3 heterocycles. The molecule has 0 bridgehead atoms. The van der Waals surface area contributed by atoms with Crippen LogP contribution in [0.2, 0.25) is 0 Å². The van der Waals surface area contributed by atoms with Crippen molar-refractivity contribution in [2.75, 3.05) is 40.6 Å². The van der Waals surface area contributed by atoms with Crippen LogP contribution in [0.15, 0.2) is 41.5 Å². The molecule has 2 aromatic carbocycles. The molecule has 3 aliphatic heterocycles. The molecule has 0 N–H and O–H groups in total. The van der Waals surface area contributed by atoms with Crippen molar-refractivity contribution in [3.8, 4) is 23.0 Å². The van der Waals surface area contributed by atoms with E-state index in [9.17, 15) is 4.79 Å². The van der Waals surface area contributed by atoms with Gasteiger partial charge in [-0.1, -0.05) is 6.07 Å². The summed E-state index contributed by atoms with van der Waals surface area (Å²) >= 11 is 0. The first-order chi connectivity index (χ1) is 16.9. The van der Waals surface area contributed by atoms with Crippen LogP contribution in [0, 0.1) is 0 Å². The summed E-state index contributed by atoms with van der Waals surface area (Å²) in [5.41, 5.74) is 2.56. The maximum absolute atomic E-state index is 13.6. The van der Waals surface area contributed by atoms with E-state index in [0.29, 0.717) is 42.5 Å². The molecule has 186 valence electrons. The van der Waals surface area contributed by atoms with Crippen molar-refractivity contribution in [1.82, 2.24) is 9.91 Å². The number of fused-ring (bicyclic) bond motifs is 1. The van der Waals surface area contributed by atoms with Gasteiger partial charge >= 0.3 is 0 Å². The van der Waals surface area contributed by atoms with Crippen molar-refractivity contribution in [3.05, 3.63) is 47.5 Å². The third-order valence-corrected chi connectivity index (χ3v) is 6.52. The number of amides is 1. The molecule has 35 heavy (non-hydrogen) atoms. The van der Waals surface area contributed by atoms with Crippen LogP contribution < -0.4 is 18.9 Å². The Morgan fingerprint density at radius 2 is 1.80 bits per heavy atom. The quantitative estimate of drug-likeness (QED) is 0.627. The van der Waals surface area contributed by atoms with Gasteiger partial charge in [-0.15, -0.1) is 0 Å². The summed E-state index contributed by atoms with van der Waals surface area (Å²) in [5, 5.41) is 6.44. The Labute approximate surface area is 205 Å². The zero-order valence-corrected chi connectivity index (χ0v) is 20.5. The van der Waals surface area contributed by atoms with Crippen molar-refractivity contribution in [3.63, 3.8) is 0 Å². The highest BCUT2D eigenvalue weighted by atomic mass is 16.7. The number of carbonyl (C=O) groups is 1. The molecule has 9 nitrogen and oxygen atoms in total. The van der Waals surface area contributed by atoms with Crippen LogP contribution in [0.4, 0.5) is 0 Å². The molecule has 0 saturated carbocycles. The fourth-order valence-electron chi connectivity index (χ4n) is 5.00. The smallest absolute Gasteiger partial charge is 0.257 e. The summed E-state index contributed by atoms with van der Waals surface area (Å²) in [4.78, 5) is 15.7. The second-order valence-corrected chi connectivity index (χ2v) is 9.14. The minimum Gasteiger partial charge on any atom is -0.497 e. The number of benzene rings is 2. The van der Waals surface area contributed by atoms with E-state index < -0.39 is 0 Å². The second-order valence-electron chi connectivity index (χ2n) is 9.14. The summed E-state index contributed by atoms with van der Waals surface area (Å²) in [6.07, 6.45) is 0.707. The van der Waals surface area contributed by atoms with Gasteiger partial charge in [-0.2, -0.15) is 5.10 Å². The number of carbonyl (C=O) groups excluding carboxylic acids is 1. The van der Waals surface area contributed by atoms with E-state index in [0.717, 1.165) is 16.8 Å². The summed E-state index contributed by atoms with van der Waals surface area (Å²) in [7, 11) is 3.23. The molecule has 0 aliphatic carbocycles. The summed E-state index contributed by atoms with van der Waals surface area (Å²) in [6.45, 7) is 5.96. The first-order valence-electron chi connectivity index (χ1n) is 11.8. The van der Waals surface area contributed by atoms with Gasteiger partial charge in [0.25, 0.3) is 5.91 Å². The largest absolute Gasteiger partial charge is 0.497 e. The van der Waals surface area contributed by atoms with Crippen LogP contribution in [0.1, 0.15) is 37.4 Å².